The topological polar surface area (TPSA) is 64.9 Å². The lowest BCUT2D eigenvalue weighted by Crippen LogP contribution is -2.18. The molecule has 1 fully saturated rings. The minimum Gasteiger partial charge on any atom is -0.497 e. The number of hydrogen-bond donors (Lipinski definition) is 1. The average Bonchev–Trinajstić information content (AvgIpc) is 3.22. The highest BCUT2D eigenvalue weighted by Gasteiger charge is 2.23. The normalized spacial score (nSPS) is 14.6. The van der Waals surface area contributed by atoms with Gasteiger partial charge in [-0.2, -0.15) is 0 Å². The maximum atomic E-state index is 5.33. The Hall–Kier alpha value is -2.54. The maximum absolute atomic E-state index is 5.33. The summed E-state index contributed by atoms with van der Waals surface area (Å²) in [6.45, 7) is 0.650. The number of aryl methyl sites for hydroxylation is 1. The smallest absolute Gasteiger partial charge is 0.191 e. The molecule has 0 unspecified atom stereocenters. The summed E-state index contributed by atoms with van der Waals surface area (Å²) in [5, 5.41) is 13.6. The Labute approximate surface area is 182 Å². The number of thioether (sulfide) groups is 1. The standard InChI is InChI=1S/C23H29N5OS/c1-29-21-12-7-9-19(16-21)25-17-22-26-27-23(28(22)20-10-3-2-4-11-20)30-15-13-18-8-5-6-14-24-18/h5-9,12,14,16,20,25H,2-4,10-11,13,15,17H2,1H3. The van der Waals surface area contributed by atoms with E-state index in [2.05, 4.69) is 31.1 Å². The number of ether oxygens (including phenoxy) is 1. The van der Waals surface area contributed by atoms with Gasteiger partial charge >= 0.3 is 0 Å². The summed E-state index contributed by atoms with van der Waals surface area (Å²) in [4.78, 5) is 4.43. The number of rotatable bonds is 9. The van der Waals surface area contributed by atoms with Crippen molar-refractivity contribution in [3.05, 3.63) is 60.2 Å². The van der Waals surface area contributed by atoms with E-state index in [1.807, 2.05) is 42.6 Å². The quantitative estimate of drug-likeness (QED) is 0.481. The number of hydrogen-bond acceptors (Lipinski definition) is 6. The van der Waals surface area contributed by atoms with Crippen LogP contribution in [0.4, 0.5) is 5.69 Å². The van der Waals surface area contributed by atoms with Gasteiger partial charge in [-0.1, -0.05) is 43.2 Å². The van der Waals surface area contributed by atoms with Crippen molar-refractivity contribution in [3.8, 4) is 5.75 Å². The Bertz CT molecular complexity index is 924. The molecule has 1 saturated carbocycles. The van der Waals surface area contributed by atoms with Crippen LogP contribution in [0.5, 0.6) is 5.75 Å². The van der Waals surface area contributed by atoms with Crippen LogP contribution < -0.4 is 10.1 Å². The SMILES string of the molecule is COc1cccc(NCc2nnc(SCCc3ccccn3)n2C2CCCCC2)c1. The van der Waals surface area contributed by atoms with Crippen LogP contribution in [0.2, 0.25) is 0 Å². The molecule has 7 heteroatoms. The Kier molecular flexibility index (Phi) is 7.24. The van der Waals surface area contributed by atoms with E-state index in [0.29, 0.717) is 12.6 Å². The van der Waals surface area contributed by atoms with Gasteiger partial charge in [0.1, 0.15) is 5.75 Å². The third kappa shape index (κ3) is 5.33. The van der Waals surface area contributed by atoms with Crippen LogP contribution in [-0.2, 0) is 13.0 Å². The van der Waals surface area contributed by atoms with E-state index >= 15 is 0 Å². The first-order valence-electron chi connectivity index (χ1n) is 10.7. The van der Waals surface area contributed by atoms with Crippen LogP contribution in [0.1, 0.15) is 49.7 Å². The second-order valence-corrected chi connectivity index (χ2v) is 8.63. The van der Waals surface area contributed by atoms with Crippen molar-refractivity contribution in [2.45, 2.75) is 56.3 Å². The number of pyridine rings is 1. The minimum atomic E-state index is 0.494. The van der Waals surface area contributed by atoms with E-state index in [9.17, 15) is 0 Å². The fraction of sp³-hybridized carbons (Fsp3) is 0.435. The highest BCUT2D eigenvalue weighted by Crippen LogP contribution is 2.33. The molecule has 0 radical (unpaired) electrons. The molecule has 0 amide bonds. The summed E-state index contributed by atoms with van der Waals surface area (Å²) in [5.74, 6) is 2.80. The van der Waals surface area contributed by atoms with Gasteiger partial charge in [0, 0.05) is 35.4 Å². The zero-order valence-corrected chi connectivity index (χ0v) is 18.3. The molecule has 1 N–H and O–H groups in total. The lowest BCUT2D eigenvalue weighted by Gasteiger charge is -2.25. The predicted octanol–water partition coefficient (Wildman–Crippen LogP) is 5.13. The van der Waals surface area contributed by atoms with Crippen LogP contribution in [0.3, 0.4) is 0 Å². The Morgan fingerprint density at radius 1 is 1.10 bits per heavy atom. The number of nitrogens with one attached hydrogen (secondary N) is 1. The summed E-state index contributed by atoms with van der Waals surface area (Å²) < 4.78 is 7.71. The van der Waals surface area contributed by atoms with E-state index in [4.69, 9.17) is 4.74 Å². The second kappa shape index (κ2) is 10.5. The molecule has 6 nitrogen and oxygen atoms in total. The molecule has 0 saturated heterocycles. The fourth-order valence-electron chi connectivity index (χ4n) is 3.94. The zero-order valence-electron chi connectivity index (χ0n) is 17.5. The number of nitrogens with zero attached hydrogens (tertiary/aromatic N) is 4. The van der Waals surface area contributed by atoms with E-state index < -0.39 is 0 Å². The van der Waals surface area contributed by atoms with Gasteiger partial charge in [0.2, 0.25) is 0 Å². The predicted molar refractivity (Wildman–Crippen MR) is 121 cm³/mol. The van der Waals surface area contributed by atoms with E-state index in [1.54, 1.807) is 18.9 Å². The molecule has 30 heavy (non-hydrogen) atoms. The van der Waals surface area contributed by atoms with Crippen molar-refractivity contribution in [1.29, 1.82) is 0 Å². The Morgan fingerprint density at radius 2 is 2.00 bits per heavy atom. The highest BCUT2D eigenvalue weighted by molar-refractivity contribution is 7.99. The molecule has 0 atom stereocenters. The molecule has 1 aliphatic rings. The average molecular weight is 424 g/mol. The molecule has 0 bridgehead atoms. The molecule has 2 heterocycles. The van der Waals surface area contributed by atoms with Crippen molar-refractivity contribution >= 4 is 17.4 Å². The largest absolute Gasteiger partial charge is 0.497 e. The van der Waals surface area contributed by atoms with Crippen LogP contribution in [0.15, 0.2) is 53.8 Å². The van der Waals surface area contributed by atoms with Gasteiger partial charge in [-0.15, -0.1) is 10.2 Å². The molecule has 1 aliphatic carbocycles. The zero-order chi connectivity index (χ0) is 20.6. The van der Waals surface area contributed by atoms with Crippen molar-refractivity contribution in [1.82, 2.24) is 19.7 Å². The van der Waals surface area contributed by atoms with Crippen molar-refractivity contribution < 1.29 is 4.74 Å². The van der Waals surface area contributed by atoms with Gasteiger partial charge in [0.25, 0.3) is 0 Å². The number of anilines is 1. The second-order valence-electron chi connectivity index (χ2n) is 7.57. The van der Waals surface area contributed by atoms with Crippen LogP contribution >= 0.6 is 11.8 Å². The summed E-state index contributed by atoms with van der Waals surface area (Å²) in [7, 11) is 1.69. The first-order valence-corrected chi connectivity index (χ1v) is 11.7. The molecule has 0 spiro atoms. The Balaban J connectivity index is 1.46. The molecule has 1 aromatic carbocycles. The minimum absolute atomic E-state index is 0.494. The molecular formula is C23H29N5OS. The number of methoxy groups -OCH3 is 1. The summed E-state index contributed by atoms with van der Waals surface area (Å²) in [6, 6.07) is 14.6. The van der Waals surface area contributed by atoms with E-state index in [0.717, 1.165) is 40.3 Å². The number of benzene rings is 1. The molecule has 3 aromatic rings. The summed E-state index contributed by atoms with van der Waals surface area (Å²) in [6.07, 6.45) is 9.09. The molecule has 4 rings (SSSR count). The van der Waals surface area contributed by atoms with Gasteiger partial charge < -0.3 is 14.6 Å². The van der Waals surface area contributed by atoms with Crippen LogP contribution in [-0.4, -0.2) is 32.6 Å². The lowest BCUT2D eigenvalue weighted by molar-refractivity contribution is 0.330. The van der Waals surface area contributed by atoms with E-state index in [-0.39, 0.29) is 0 Å². The monoisotopic (exact) mass is 423 g/mol. The molecular weight excluding hydrogens is 394 g/mol. The highest BCUT2D eigenvalue weighted by atomic mass is 32.2. The third-order valence-corrected chi connectivity index (χ3v) is 6.46. The van der Waals surface area contributed by atoms with Gasteiger partial charge in [0.15, 0.2) is 11.0 Å². The molecule has 158 valence electrons. The third-order valence-electron chi connectivity index (χ3n) is 5.51. The van der Waals surface area contributed by atoms with Gasteiger partial charge in [-0.3, -0.25) is 4.98 Å². The van der Waals surface area contributed by atoms with Gasteiger partial charge in [-0.05, 0) is 43.5 Å². The van der Waals surface area contributed by atoms with Crippen molar-refractivity contribution in [3.63, 3.8) is 0 Å². The first-order chi connectivity index (χ1) is 14.8. The van der Waals surface area contributed by atoms with Gasteiger partial charge in [-0.25, -0.2) is 0 Å². The van der Waals surface area contributed by atoms with Crippen molar-refractivity contribution in [2.75, 3.05) is 18.2 Å². The van der Waals surface area contributed by atoms with Crippen LogP contribution in [0, 0.1) is 0 Å². The van der Waals surface area contributed by atoms with Crippen molar-refractivity contribution in [2.24, 2.45) is 0 Å². The molecule has 0 aliphatic heterocycles. The lowest BCUT2D eigenvalue weighted by atomic mass is 9.95. The van der Waals surface area contributed by atoms with E-state index in [1.165, 1.54) is 32.1 Å². The summed E-state index contributed by atoms with van der Waals surface area (Å²) in [5.41, 5.74) is 2.14. The maximum Gasteiger partial charge on any atom is 0.191 e. The summed E-state index contributed by atoms with van der Waals surface area (Å²) >= 11 is 1.79. The van der Waals surface area contributed by atoms with Gasteiger partial charge in [0.05, 0.1) is 13.7 Å². The van der Waals surface area contributed by atoms with Crippen LogP contribution in [0.25, 0.3) is 0 Å². The fourth-order valence-corrected chi connectivity index (χ4v) is 4.93. The Morgan fingerprint density at radius 3 is 2.80 bits per heavy atom. The first kappa shape index (κ1) is 20.7. The molecule has 2 aromatic heterocycles. The number of aromatic nitrogens is 4.